The average Bonchev–Trinajstić information content (AvgIpc) is 2.63. The van der Waals surface area contributed by atoms with Gasteiger partial charge in [0, 0.05) is 25.2 Å². The number of pyridine rings is 1. The van der Waals surface area contributed by atoms with Crippen molar-refractivity contribution >= 4 is 0 Å². The Bertz CT molecular complexity index is 763. The van der Waals surface area contributed by atoms with Crippen LogP contribution in [-0.2, 0) is 6.42 Å². The maximum atomic E-state index is 10.8. The number of rotatable bonds is 3. The molecule has 26 heavy (non-hydrogen) atoms. The Morgan fingerprint density at radius 2 is 2.00 bits per heavy atom. The van der Waals surface area contributed by atoms with Crippen molar-refractivity contribution in [3.05, 3.63) is 65.0 Å². The summed E-state index contributed by atoms with van der Waals surface area (Å²) in [7, 11) is 0. The van der Waals surface area contributed by atoms with E-state index in [-0.39, 0.29) is 12.0 Å². The van der Waals surface area contributed by atoms with E-state index in [1.54, 1.807) is 6.20 Å². The molecule has 138 valence electrons. The molecule has 4 rings (SSSR count). The van der Waals surface area contributed by atoms with Crippen molar-refractivity contribution in [3.8, 4) is 0 Å². The number of hydrogen-bond acceptors (Lipinski definition) is 4. The van der Waals surface area contributed by atoms with Gasteiger partial charge in [0.2, 0.25) is 0 Å². The molecule has 2 N–H and O–H groups in total. The summed E-state index contributed by atoms with van der Waals surface area (Å²) in [5.41, 5.74) is 4.57. The fourth-order valence-electron chi connectivity index (χ4n) is 4.78. The maximum absolute atomic E-state index is 10.8. The van der Waals surface area contributed by atoms with E-state index in [9.17, 15) is 10.2 Å². The highest BCUT2D eigenvalue weighted by Crippen LogP contribution is 2.34. The second-order valence-electron chi connectivity index (χ2n) is 7.95. The molecule has 4 heteroatoms. The van der Waals surface area contributed by atoms with Crippen molar-refractivity contribution in [2.45, 2.75) is 44.3 Å². The van der Waals surface area contributed by atoms with E-state index in [1.165, 1.54) is 16.7 Å². The van der Waals surface area contributed by atoms with Crippen molar-refractivity contribution in [3.63, 3.8) is 0 Å². The third-order valence-corrected chi connectivity index (χ3v) is 6.08. The highest BCUT2D eigenvalue weighted by atomic mass is 16.3. The molecule has 0 unspecified atom stereocenters. The van der Waals surface area contributed by atoms with Crippen LogP contribution in [0.15, 0.2) is 42.6 Å². The third kappa shape index (κ3) is 3.54. The first-order valence-corrected chi connectivity index (χ1v) is 9.69. The molecular formula is C22H28N2O2. The fourth-order valence-corrected chi connectivity index (χ4v) is 4.78. The summed E-state index contributed by atoms with van der Waals surface area (Å²) in [5.74, 6) is 0.651. The van der Waals surface area contributed by atoms with Gasteiger partial charge in [0.25, 0.3) is 0 Å². The minimum absolute atomic E-state index is 0.231. The summed E-state index contributed by atoms with van der Waals surface area (Å²) >= 11 is 0. The van der Waals surface area contributed by atoms with Crippen LogP contribution < -0.4 is 0 Å². The summed E-state index contributed by atoms with van der Waals surface area (Å²) in [6.07, 6.45) is 3.69. The average molecular weight is 352 g/mol. The number of likely N-dealkylation sites (tertiary alicyclic amines) is 1. The molecule has 1 aromatic carbocycles. The predicted molar refractivity (Wildman–Crippen MR) is 102 cm³/mol. The number of piperidine rings is 1. The lowest BCUT2D eigenvalue weighted by Gasteiger charge is -2.39. The quantitative estimate of drug-likeness (QED) is 0.892. The molecule has 1 fully saturated rings. The lowest BCUT2D eigenvalue weighted by Crippen LogP contribution is -2.45. The highest BCUT2D eigenvalue weighted by molar-refractivity contribution is 5.30. The lowest BCUT2D eigenvalue weighted by atomic mass is 9.82. The molecule has 0 amide bonds. The van der Waals surface area contributed by atoms with E-state index in [2.05, 4.69) is 47.1 Å². The Morgan fingerprint density at radius 1 is 1.15 bits per heavy atom. The highest BCUT2D eigenvalue weighted by Gasteiger charge is 2.33. The number of hydrogen-bond donors (Lipinski definition) is 2. The summed E-state index contributed by atoms with van der Waals surface area (Å²) in [6, 6.07) is 12.4. The zero-order chi connectivity index (χ0) is 18.1. The Labute approximate surface area is 155 Å². The molecule has 0 radical (unpaired) electrons. The zero-order valence-corrected chi connectivity index (χ0v) is 15.4. The number of nitrogens with zero attached hydrogens (tertiary/aromatic N) is 2. The van der Waals surface area contributed by atoms with Crippen LogP contribution in [0.4, 0.5) is 0 Å². The summed E-state index contributed by atoms with van der Waals surface area (Å²) < 4.78 is 0. The number of fused-ring (bicyclic) bond motifs is 1. The first kappa shape index (κ1) is 17.7. The minimum atomic E-state index is -0.459. The van der Waals surface area contributed by atoms with Crippen LogP contribution in [-0.4, -0.2) is 45.8 Å². The molecular weight excluding hydrogens is 324 g/mol. The van der Waals surface area contributed by atoms with Gasteiger partial charge in [-0.05, 0) is 61.4 Å². The van der Waals surface area contributed by atoms with E-state index in [0.29, 0.717) is 12.5 Å². The van der Waals surface area contributed by atoms with E-state index in [1.807, 2.05) is 6.07 Å². The summed E-state index contributed by atoms with van der Waals surface area (Å²) in [5, 5.41) is 21.2. The van der Waals surface area contributed by atoms with Crippen LogP contribution in [0.3, 0.4) is 0 Å². The van der Waals surface area contributed by atoms with Gasteiger partial charge in [0.1, 0.15) is 0 Å². The zero-order valence-electron chi connectivity index (χ0n) is 15.4. The Balaban J connectivity index is 1.39. The largest absolute Gasteiger partial charge is 0.391 e. The lowest BCUT2D eigenvalue weighted by molar-refractivity contribution is 0.0350. The van der Waals surface area contributed by atoms with E-state index in [4.69, 9.17) is 0 Å². The van der Waals surface area contributed by atoms with Gasteiger partial charge in [-0.2, -0.15) is 0 Å². The SMILES string of the molecule is Cc1ccccc1[C@H]1CCN(C[C@@H]2Cc3cccnc3[C@@H](O)C2)C[C@@H]1O. The van der Waals surface area contributed by atoms with E-state index >= 15 is 0 Å². The molecule has 1 saturated heterocycles. The Morgan fingerprint density at radius 3 is 2.81 bits per heavy atom. The molecule has 4 nitrogen and oxygen atoms in total. The van der Waals surface area contributed by atoms with E-state index in [0.717, 1.165) is 38.0 Å². The number of benzene rings is 1. The van der Waals surface area contributed by atoms with Gasteiger partial charge >= 0.3 is 0 Å². The van der Waals surface area contributed by atoms with Crippen LogP contribution in [0.5, 0.6) is 0 Å². The van der Waals surface area contributed by atoms with Crippen molar-refractivity contribution in [1.29, 1.82) is 0 Å². The van der Waals surface area contributed by atoms with Crippen LogP contribution in [0, 0.1) is 12.8 Å². The molecule has 2 aromatic rings. The minimum Gasteiger partial charge on any atom is -0.391 e. The molecule has 2 aliphatic rings. The second kappa shape index (κ2) is 7.47. The Hall–Kier alpha value is -1.75. The number of β-amino-alcohol motifs (C(OH)–C–C–N with tert-alkyl or cyclic N) is 1. The summed E-state index contributed by atoms with van der Waals surface area (Å²) in [4.78, 5) is 6.71. The molecule has 0 bridgehead atoms. The van der Waals surface area contributed by atoms with Crippen LogP contribution in [0.1, 0.15) is 47.2 Å². The predicted octanol–water partition coefficient (Wildman–Crippen LogP) is 2.84. The van der Waals surface area contributed by atoms with Crippen molar-refractivity contribution in [2.24, 2.45) is 5.92 Å². The van der Waals surface area contributed by atoms with Gasteiger partial charge in [0.05, 0.1) is 17.9 Å². The molecule has 0 saturated carbocycles. The first-order chi connectivity index (χ1) is 12.6. The smallest absolute Gasteiger partial charge is 0.0965 e. The van der Waals surface area contributed by atoms with Gasteiger partial charge in [-0.25, -0.2) is 0 Å². The summed E-state index contributed by atoms with van der Waals surface area (Å²) in [6.45, 7) is 4.78. The Kier molecular flexibility index (Phi) is 5.07. The van der Waals surface area contributed by atoms with Gasteiger partial charge < -0.3 is 15.1 Å². The van der Waals surface area contributed by atoms with Crippen molar-refractivity contribution in [1.82, 2.24) is 9.88 Å². The van der Waals surface area contributed by atoms with Crippen molar-refractivity contribution < 1.29 is 10.2 Å². The molecule has 1 aromatic heterocycles. The number of aryl methyl sites for hydroxylation is 1. The number of aliphatic hydroxyl groups excluding tert-OH is 2. The van der Waals surface area contributed by atoms with Crippen LogP contribution >= 0.6 is 0 Å². The van der Waals surface area contributed by atoms with Gasteiger partial charge in [-0.1, -0.05) is 30.3 Å². The number of aromatic nitrogens is 1. The topological polar surface area (TPSA) is 56.6 Å². The van der Waals surface area contributed by atoms with E-state index < -0.39 is 6.10 Å². The van der Waals surface area contributed by atoms with Crippen LogP contribution in [0.2, 0.25) is 0 Å². The fraction of sp³-hybridized carbons (Fsp3) is 0.500. The molecule has 2 heterocycles. The first-order valence-electron chi connectivity index (χ1n) is 9.69. The van der Waals surface area contributed by atoms with Crippen molar-refractivity contribution in [2.75, 3.05) is 19.6 Å². The molecule has 0 spiro atoms. The molecule has 4 atom stereocenters. The monoisotopic (exact) mass is 352 g/mol. The molecule has 1 aliphatic carbocycles. The second-order valence-corrected chi connectivity index (χ2v) is 7.95. The van der Waals surface area contributed by atoms with Gasteiger partial charge in [0.15, 0.2) is 0 Å². The van der Waals surface area contributed by atoms with Crippen LogP contribution in [0.25, 0.3) is 0 Å². The van der Waals surface area contributed by atoms with Gasteiger partial charge in [-0.15, -0.1) is 0 Å². The standard InChI is InChI=1S/C22H28N2O2/c1-15-5-2-3-7-18(15)19-8-10-24(14-21(19)26)13-16-11-17-6-4-9-23-22(17)20(25)12-16/h2-7,9,16,19-21,25-26H,8,10-14H2,1H3/t16-,19-,20+,21+/m1/s1. The number of aliphatic hydroxyl groups is 2. The maximum Gasteiger partial charge on any atom is 0.0965 e. The molecule has 1 aliphatic heterocycles. The third-order valence-electron chi connectivity index (χ3n) is 6.08. The normalized spacial score (nSPS) is 29.3. The van der Waals surface area contributed by atoms with Gasteiger partial charge in [-0.3, -0.25) is 4.98 Å².